The Labute approximate surface area is 71.0 Å². The van der Waals surface area contributed by atoms with Crippen LogP contribution in [0.5, 0.6) is 0 Å². The Morgan fingerprint density at radius 2 is 2.25 bits per heavy atom. The van der Waals surface area contributed by atoms with Crippen molar-refractivity contribution in [2.75, 3.05) is 0 Å². The van der Waals surface area contributed by atoms with Crippen LogP contribution in [0.3, 0.4) is 0 Å². The molecular weight excluding hydrogens is 150 g/mol. The first kappa shape index (κ1) is 7.28. The Morgan fingerprint density at radius 1 is 1.42 bits per heavy atom. The van der Waals surface area contributed by atoms with Gasteiger partial charge in [-0.25, -0.2) is 0 Å². The summed E-state index contributed by atoms with van der Waals surface area (Å²) in [6.45, 7) is 2.10. The molecule has 2 aromatic heterocycles. The molecule has 2 rings (SSSR count). The maximum absolute atomic E-state index is 4.29. The summed E-state index contributed by atoms with van der Waals surface area (Å²) in [6, 6.07) is 2.09. The Bertz CT molecular complexity index is 403. The second kappa shape index (κ2) is 2.59. The number of fused-ring (bicyclic) bond motifs is 1. The average Bonchev–Trinajstić information content (AvgIpc) is 2.47. The van der Waals surface area contributed by atoms with Gasteiger partial charge >= 0.3 is 0 Å². The molecule has 0 aliphatic carbocycles. The van der Waals surface area contributed by atoms with E-state index < -0.39 is 0 Å². The second-order valence-electron chi connectivity index (χ2n) is 2.86. The van der Waals surface area contributed by atoms with E-state index in [1.165, 1.54) is 0 Å². The molecule has 0 radical (unpaired) electrons. The number of hydrogen-bond donors (Lipinski definition) is 0. The van der Waals surface area contributed by atoms with Gasteiger partial charge < -0.3 is 0 Å². The highest BCUT2D eigenvalue weighted by Gasteiger charge is 1.99. The van der Waals surface area contributed by atoms with Gasteiger partial charge in [0.2, 0.25) is 0 Å². The van der Waals surface area contributed by atoms with Crippen molar-refractivity contribution in [1.82, 2.24) is 14.8 Å². The molecule has 0 aliphatic rings. The zero-order valence-electron chi connectivity index (χ0n) is 7.28. The molecule has 0 N–H and O–H groups in total. The summed E-state index contributed by atoms with van der Waals surface area (Å²) in [5.41, 5.74) is 2.27. The molecule has 0 saturated carbocycles. The predicted molar refractivity (Wildman–Crippen MR) is 47.9 cm³/mol. The first-order valence-electron chi connectivity index (χ1n) is 4.08. The summed E-state index contributed by atoms with van der Waals surface area (Å²) in [4.78, 5) is 4.29. The van der Waals surface area contributed by atoms with Gasteiger partial charge in [0.25, 0.3) is 0 Å². The molecule has 0 bridgehead atoms. The average molecular weight is 161 g/mol. The number of aryl methyl sites for hydroxylation is 2. The van der Waals surface area contributed by atoms with Crippen molar-refractivity contribution in [2.45, 2.75) is 13.3 Å². The largest absolute Gasteiger partial charge is 0.268 e. The van der Waals surface area contributed by atoms with E-state index in [2.05, 4.69) is 23.1 Å². The van der Waals surface area contributed by atoms with Crippen LogP contribution in [0.2, 0.25) is 0 Å². The molecule has 0 aliphatic heterocycles. The fourth-order valence-electron chi connectivity index (χ4n) is 1.28. The van der Waals surface area contributed by atoms with Crippen LogP contribution in [0.4, 0.5) is 0 Å². The summed E-state index contributed by atoms with van der Waals surface area (Å²) in [6.07, 6.45) is 4.68. The van der Waals surface area contributed by atoms with E-state index in [0.717, 1.165) is 23.0 Å². The monoisotopic (exact) mass is 161 g/mol. The van der Waals surface area contributed by atoms with Gasteiger partial charge in [0.15, 0.2) is 0 Å². The molecule has 0 aromatic carbocycles. The fourth-order valence-corrected chi connectivity index (χ4v) is 1.28. The predicted octanol–water partition coefficient (Wildman–Crippen LogP) is 1.53. The molecule has 3 nitrogen and oxygen atoms in total. The molecule has 0 atom stereocenters. The van der Waals surface area contributed by atoms with Crippen molar-refractivity contribution in [2.24, 2.45) is 7.05 Å². The molecule has 2 aromatic rings. The van der Waals surface area contributed by atoms with Crippen molar-refractivity contribution in [1.29, 1.82) is 0 Å². The standard InChI is InChI=1S/C9H11N3/c1-3-8-4-9-7(5-10-8)6-11-12(9)2/h4-6H,3H2,1-2H3. The first-order chi connectivity index (χ1) is 5.81. The van der Waals surface area contributed by atoms with E-state index in [1.54, 1.807) is 0 Å². The quantitative estimate of drug-likeness (QED) is 0.635. The maximum atomic E-state index is 4.29. The molecule has 2 heterocycles. The van der Waals surface area contributed by atoms with Crippen molar-refractivity contribution < 1.29 is 0 Å². The Kier molecular flexibility index (Phi) is 1.57. The third-order valence-electron chi connectivity index (χ3n) is 2.05. The second-order valence-corrected chi connectivity index (χ2v) is 2.86. The summed E-state index contributed by atoms with van der Waals surface area (Å²) in [5, 5.41) is 5.25. The molecule has 0 amide bonds. The van der Waals surface area contributed by atoms with Crippen LogP contribution < -0.4 is 0 Å². The van der Waals surface area contributed by atoms with Crippen molar-refractivity contribution >= 4 is 10.9 Å². The lowest BCUT2D eigenvalue weighted by atomic mass is 10.2. The number of aromatic nitrogens is 3. The summed E-state index contributed by atoms with van der Waals surface area (Å²) >= 11 is 0. The van der Waals surface area contributed by atoms with Crippen LogP contribution in [0, 0.1) is 0 Å². The topological polar surface area (TPSA) is 30.7 Å². The van der Waals surface area contributed by atoms with Crippen LogP contribution in [0.25, 0.3) is 10.9 Å². The van der Waals surface area contributed by atoms with Gasteiger partial charge in [-0.15, -0.1) is 0 Å². The fraction of sp³-hybridized carbons (Fsp3) is 0.333. The third kappa shape index (κ3) is 0.978. The Hall–Kier alpha value is -1.38. The van der Waals surface area contributed by atoms with Gasteiger partial charge in [0.1, 0.15) is 0 Å². The van der Waals surface area contributed by atoms with Crippen molar-refractivity contribution in [3.8, 4) is 0 Å². The lowest BCUT2D eigenvalue weighted by Crippen LogP contribution is -1.91. The first-order valence-corrected chi connectivity index (χ1v) is 4.08. The molecule has 0 spiro atoms. The zero-order chi connectivity index (χ0) is 8.55. The highest BCUT2D eigenvalue weighted by atomic mass is 15.2. The van der Waals surface area contributed by atoms with Gasteiger partial charge in [-0.2, -0.15) is 5.10 Å². The third-order valence-corrected chi connectivity index (χ3v) is 2.05. The van der Waals surface area contributed by atoms with Gasteiger partial charge in [0, 0.05) is 24.3 Å². The van der Waals surface area contributed by atoms with Crippen molar-refractivity contribution in [3.05, 3.63) is 24.2 Å². The van der Waals surface area contributed by atoms with Crippen LogP contribution in [0.15, 0.2) is 18.5 Å². The summed E-state index contributed by atoms with van der Waals surface area (Å²) in [5.74, 6) is 0. The van der Waals surface area contributed by atoms with Crippen LogP contribution in [0.1, 0.15) is 12.6 Å². The van der Waals surface area contributed by atoms with E-state index >= 15 is 0 Å². The highest BCUT2D eigenvalue weighted by molar-refractivity contribution is 5.77. The molecule has 62 valence electrons. The van der Waals surface area contributed by atoms with Gasteiger partial charge in [-0.05, 0) is 12.5 Å². The molecule has 0 unspecified atom stereocenters. The highest BCUT2D eigenvalue weighted by Crippen LogP contribution is 2.12. The van der Waals surface area contributed by atoms with Gasteiger partial charge in [-0.3, -0.25) is 9.67 Å². The maximum Gasteiger partial charge on any atom is 0.0712 e. The van der Waals surface area contributed by atoms with E-state index in [-0.39, 0.29) is 0 Å². The SMILES string of the molecule is CCc1cc2c(cn1)cnn2C. The van der Waals surface area contributed by atoms with Gasteiger partial charge in [0.05, 0.1) is 11.7 Å². The number of pyridine rings is 1. The molecule has 12 heavy (non-hydrogen) atoms. The van der Waals surface area contributed by atoms with E-state index in [4.69, 9.17) is 0 Å². The molecular formula is C9H11N3. The number of nitrogens with zero attached hydrogens (tertiary/aromatic N) is 3. The van der Waals surface area contributed by atoms with E-state index in [0.29, 0.717) is 0 Å². The number of hydrogen-bond acceptors (Lipinski definition) is 2. The van der Waals surface area contributed by atoms with E-state index in [9.17, 15) is 0 Å². The summed E-state index contributed by atoms with van der Waals surface area (Å²) in [7, 11) is 1.95. The lowest BCUT2D eigenvalue weighted by Gasteiger charge is -1.96. The molecule has 3 heteroatoms. The Morgan fingerprint density at radius 3 is 3.00 bits per heavy atom. The number of rotatable bonds is 1. The molecule has 0 fully saturated rings. The molecule has 0 saturated heterocycles. The minimum atomic E-state index is 0.973. The van der Waals surface area contributed by atoms with E-state index in [1.807, 2.05) is 24.1 Å². The normalized spacial score (nSPS) is 10.8. The minimum absolute atomic E-state index is 0.973. The lowest BCUT2D eigenvalue weighted by molar-refractivity contribution is 0.795. The Balaban J connectivity index is 2.71. The minimum Gasteiger partial charge on any atom is -0.268 e. The van der Waals surface area contributed by atoms with Crippen LogP contribution in [-0.2, 0) is 13.5 Å². The van der Waals surface area contributed by atoms with Crippen molar-refractivity contribution in [3.63, 3.8) is 0 Å². The summed E-state index contributed by atoms with van der Waals surface area (Å²) < 4.78 is 1.87. The van der Waals surface area contributed by atoms with Crippen LogP contribution >= 0.6 is 0 Å². The van der Waals surface area contributed by atoms with Gasteiger partial charge in [-0.1, -0.05) is 6.92 Å². The zero-order valence-corrected chi connectivity index (χ0v) is 7.28. The van der Waals surface area contributed by atoms with Crippen LogP contribution in [-0.4, -0.2) is 14.8 Å². The smallest absolute Gasteiger partial charge is 0.0712 e.